The Morgan fingerprint density at radius 1 is 1.35 bits per heavy atom. The van der Waals surface area contributed by atoms with Crippen LogP contribution in [0.25, 0.3) is 0 Å². The third-order valence-corrected chi connectivity index (χ3v) is 5.14. The largest absolute Gasteiger partial charge is 0.351 e. The Morgan fingerprint density at radius 3 is 2.90 bits per heavy atom. The van der Waals surface area contributed by atoms with Crippen molar-refractivity contribution >= 4 is 5.91 Å². The lowest BCUT2D eigenvalue weighted by Crippen LogP contribution is -2.41. The molecule has 0 unspecified atom stereocenters. The van der Waals surface area contributed by atoms with Gasteiger partial charge in [-0.1, -0.05) is 19.4 Å². The van der Waals surface area contributed by atoms with Gasteiger partial charge in [0.15, 0.2) is 0 Å². The number of benzene rings is 1. The zero-order valence-electron chi connectivity index (χ0n) is 12.3. The standard InChI is InChI=1S/C17H24N2O/c1-2-17(7-3-8-17)12-19-16(20)14-5-4-13-6-9-18-11-15(13)10-14/h4-5,10,18H,2-3,6-9,11-12H2,1H3,(H,19,20). The van der Waals surface area contributed by atoms with Crippen LogP contribution in [0.15, 0.2) is 18.2 Å². The van der Waals surface area contributed by atoms with Crippen LogP contribution < -0.4 is 10.6 Å². The van der Waals surface area contributed by atoms with E-state index >= 15 is 0 Å². The van der Waals surface area contributed by atoms with Gasteiger partial charge in [0.05, 0.1) is 0 Å². The van der Waals surface area contributed by atoms with Gasteiger partial charge in [-0.2, -0.15) is 0 Å². The van der Waals surface area contributed by atoms with E-state index in [1.807, 2.05) is 6.07 Å². The highest BCUT2D eigenvalue weighted by Crippen LogP contribution is 2.43. The van der Waals surface area contributed by atoms with Crippen molar-refractivity contribution in [1.82, 2.24) is 10.6 Å². The van der Waals surface area contributed by atoms with Gasteiger partial charge in [-0.3, -0.25) is 4.79 Å². The number of hydrogen-bond donors (Lipinski definition) is 2. The van der Waals surface area contributed by atoms with Crippen LogP contribution in [0.1, 0.15) is 54.1 Å². The predicted molar refractivity (Wildman–Crippen MR) is 80.8 cm³/mol. The van der Waals surface area contributed by atoms with E-state index in [4.69, 9.17) is 0 Å². The molecule has 3 heteroatoms. The highest BCUT2D eigenvalue weighted by Gasteiger charge is 2.35. The van der Waals surface area contributed by atoms with Gasteiger partial charge in [0, 0.05) is 18.7 Å². The molecular formula is C17H24N2O. The van der Waals surface area contributed by atoms with Crippen molar-refractivity contribution in [2.45, 2.75) is 45.6 Å². The maximum Gasteiger partial charge on any atom is 0.251 e. The smallest absolute Gasteiger partial charge is 0.251 e. The minimum atomic E-state index is 0.0816. The molecule has 1 aliphatic heterocycles. The van der Waals surface area contributed by atoms with Crippen LogP contribution in [0.2, 0.25) is 0 Å². The summed E-state index contributed by atoms with van der Waals surface area (Å²) in [6.45, 7) is 4.99. The second-order valence-electron chi connectivity index (χ2n) is 6.30. The van der Waals surface area contributed by atoms with Crippen LogP contribution >= 0.6 is 0 Å². The molecule has 0 aromatic heterocycles. The van der Waals surface area contributed by atoms with Gasteiger partial charge in [0.2, 0.25) is 0 Å². The summed E-state index contributed by atoms with van der Waals surface area (Å²) >= 11 is 0. The van der Waals surface area contributed by atoms with Crippen molar-refractivity contribution in [1.29, 1.82) is 0 Å². The molecule has 1 aromatic carbocycles. The average molecular weight is 272 g/mol. The summed E-state index contributed by atoms with van der Waals surface area (Å²) in [6, 6.07) is 6.14. The maximum atomic E-state index is 12.3. The molecule has 0 bridgehead atoms. The van der Waals surface area contributed by atoms with Crippen LogP contribution in [0, 0.1) is 5.41 Å². The molecule has 1 saturated carbocycles. The molecule has 0 radical (unpaired) electrons. The van der Waals surface area contributed by atoms with Gasteiger partial charge in [-0.15, -0.1) is 0 Å². The summed E-state index contributed by atoms with van der Waals surface area (Å²) in [5.41, 5.74) is 3.84. The average Bonchev–Trinajstić information content (AvgIpc) is 2.46. The van der Waals surface area contributed by atoms with Crippen molar-refractivity contribution in [2.75, 3.05) is 13.1 Å². The summed E-state index contributed by atoms with van der Waals surface area (Å²) in [7, 11) is 0. The fourth-order valence-corrected chi connectivity index (χ4v) is 3.32. The van der Waals surface area contributed by atoms with Crippen LogP contribution in [0.3, 0.4) is 0 Å². The summed E-state index contributed by atoms with van der Waals surface area (Å²) in [6.07, 6.45) is 6.07. The molecular weight excluding hydrogens is 248 g/mol. The Balaban J connectivity index is 1.65. The number of hydrogen-bond acceptors (Lipinski definition) is 2. The molecule has 1 aromatic rings. The van der Waals surface area contributed by atoms with E-state index in [-0.39, 0.29) is 5.91 Å². The maximum absolute atomic E-state index is 12.3. The second kappa shape index (κ2) is 5.57. The first kappa shape index (κ1) is 13.6. The lowest BCUT2D eigenvalue weighted by molar-refractivity contribution is 0.0850. The summed E-state index contributed by atoms with van der Waals surface area (Å²) in [5, 5.41) is 6.50. The van der Waals surface area contributed by atoms with E-state index < -0.39 is 0 Å². The van der Waals surface area contributed by atoms with Crippen LogP contribution in [0.5, 0.6) is 0 Å². The Bertz CT molecular complexity index is 500. The van der Waals surface area contributed by atoms with Gasteiger partial charge in [0.1, 0.15) is 0 Å². The molecule has 2 N–H and O–H groups in total. The molecule has 20 heavy (non-hydrogen) atoms. The molecule has 1 amide bonds. The normalized spacial score (nSPS) is 19.9. The number of nitrogens with one attached hydrogen (secondary N) is 2. The Labute approximate surface area is 121 Å². The van der Waals surface area contributed by atoms with E-state index in [1.165, 1.54) is 36.8 Å². The number of carbonyl (C=O) groups is 1. The highest BCUT2D eigenvalue weighted by atomic mass is 16.1. The van der Waals surface area contributed by atoms with Crippen molar-refractivity contribution in [3.05, 3.63) is 34.9 Å². The van der Waals surface area contributed by atoms with E-state index in [9.17, 15) is 4.79 Å². The van der Waals surface area contributed by atoms with Crippen molar-refractivity contribution < 1.29 is 4.79 Å². The quantitative estimate of drug-likeness (QED) is 0.884. The fourth-order valence-electron chi connectivity index (χ4n) is 3.32. The zero-order valence-corrected chi connectivity index (χ0v) is 12.3. The first-order valence-corrected chi connectivity index (χ1v) is 7.83. The Hall–Kier alpha value is -1.35. The minimum absolute atomic E-state index is 0.0816. The second-order valence-corrected chi connectivity index (χ2v) is 6.30. The van der Waals surface area contributed by atoms with Gasteiger partial charge < -0.3 is 10.6 Å². The number of rotatable bonds is 4. The molecule has 2 aliphatic rings. The summed E-state index contributed by atoms with van der Waals surface area (Å²) in [4.78, 5) is 12.3. The molecule has 1 heterocycles. The minimum Gasteiger partial charge on any atom is -0.351 e. The molecule has 0 spiro atoms. The third-order valence-electron chi connectivity index (χ3n) is 5.14. The molecule has 3 nitrogen and oxygen atoms in total. The van der Waals surface area contributed by atoms with E-state index in [1.54, 1.807) is 0 Å². The summed E-state index contributed by atoms with van der Waals surface area (Å²) in [5.74, 6) is 0.0816. The number of carbonyl (C=O) groups excluding carboxylic acids is 1. The molecule has 1 aliphatic carbocycles. The van der Waals surface area contributed by atoms with Crippen LogP contribution in [-0.4, -0.2) is 19.0 Å². The van der Waals surface area contributed by atoms with Gasteiger partial charge in [0.25, 0.3) is 5.91 Å². The Morgan fingerprint density at radius 2 is 2.20 bits per heavy atom. The molecule has 0 atom stereocenters. The summed E-state index contributed by atoms with van der Waals surface area (Å²) < 4.78 is 0. The lowest BCUT2D eigenvalue weighted by atomic mass is 9.67. The Kier molecular flexibility index (Phi) is 3.79. The van der Waals surface area contributed by atoms with Crippen molar-refractivity contribution in [3.8, 4) is 0 Å². The monoisotopic (exact) mass is 272 g/mol. The topological polar surface area (TPSA) is 41.1 Å². The van der Waals surface area contributed by atoms with Gasteiger partial charge in [-0.25, -0.2) is 0 Å². The predicted octanol–water partition coefficient (Wildman–Crippen LogP) is 2.64. The molecule has 108 valence electrons. The first-order valence-electron chi connectivity index (χ1n) is 7.83. The highest BCUT2D eigenvalue weighted by molar-refractivity contribution is 5.94. The molecule has 0 saturated heterocycles. The van der Waals surface area contributed by atoms with Crippen molar-refractivity contribution in [2.24, 2.45) is 5.41 Å². The van der Waals surface area contributed by atoms with Gasteiger partial charge in [-0.05, 0) is 60.9 Å². The SMILES string of the molecule is CCC1(CNC(=O)c2ccc3c(c2)CNCC3)CCC1. The number of amides is 1. The van der Waals surface area contributed by atoms with Gasteiger partial charge >= 0.3 is 0 Å². The molecule has 1 fully saturated rings. The zero-order chi connectivity index (χ0) is 14.0. The van der Waals surface area contributed by atoms with Crippen LogP contribution in [-0.2, 0) is 13.0 Å². The molecule has 3 rings (SSSR count). The number of fused-ring (bicyclic) bond motifs is 1. The van der Waals surface area contributed by atoms with Crippen LogP contribution in [0.4, 0.5) is 0 Å². The fraction of sp³-hybridized carbons (Fsp3) is 0.588. The van der Waals surface area contributed by atoms with Crippen molar-refractivity contribution in [3.63, 3.8) is 0 Å². The first-order chi connectivity index (χ1) is 9.72. The van der Waals surface area contributed by atoms with E-state index in [0.717, 1.165) is 31.6 Å². The van der Waals surface area contributed by atoms with E-state index in [2.05, 4.69) is 29.7 Å². The third kappa shape index (κ3) is 2.59. The van der Waals surface area contributed by atoms with E-state index in [0.29, 0.717) is 5.41 Å². The lowest BCUT2D eigenvalue weighted by Gasteiger charge is -2.41.